The number of anilines is 1. The van der Waals surface area contributed by atoms with E-state index in [2.05, 4.69) is 5.32 Å². The topological polar surface area (TPSA) is 67.8 Å². The summed E-state index contributed by atoms with van der Waals surface area (Å²) in [4.78, 5) is 11.6. The lowest BCUT2D eigenvalue weighted by Gasteiger charge is -2.08. The summed E-state index contributed by atoms with van der Waals surface area (Å²) >= 11 is 0. The van der Waals surface area contributed by atoms with Crippen LogP contribution >= 0.6 is 0 Å². The molecule has 0 spiro atoms. The number of benzene rings is 2. The molecule has 0 radical (unpaired) electrons. The second-order valence-corrected chi connectivity index (χ2v) is 4.41. The van der Waals surface area contributed by atoms with Crippen LogP contribution in [0, 0.1) is 0 Å². The fourth-order valence-electron chi connectivity index (χ4n) is 1.73. The lowest BCUT2D eigenvalue weighted by Crippen LogP contribution is -2.16. The third-order valence-electron chi connectivity index (χ3n) is 2.84. The number of nitrogens with one attached hydrogen (secondary N) is 1. The number of rotatable bonds is 6. The van der Waals surface area contributed by atoms with Gasteiger partial charge in [0.15, 0.2) is 0 Å². The van der Waals surface area contributed by atoms with E-state index in [0.29, 0.717) is 0 Å². The van der Waals surface area contributed by atoms with Gasteiger partial charge in [0, 0.05) is 5.69 Å². The monoisotopic (exact) mass is 287 g/mol. The fraction of sp³-hybridized carbons (Fsp3) is 0.188. The van der Waals surface area contributed by atoms with Gasteiger partial charge in [-0.15, -0.1) is 0 Å². The molecule has 0 aliphatic rings. The van der Waals surface area contributed by atoms with E-state index in [4.69, 9.17) is 14.6 Å². The third kappa shape index (κ3) is 4.72. The first-order valence-corrected chi connectivity index (χ1v) is 6.49. The van der Waals surface area contributed by atoms with Crippen LogP contribution in [0.1, 0.15) is 5.56 Å². The summed E-state index contributed by atoms with van der Waals surface area (Å²) < 4.78 is 10.3. The Morgan fingerprint density at radius 2 is 1.95 bits per heavy atom. The molecule has 0 aromatic heterocycles. The average molecular weight is 287 g/mol. The molecule has 2 aromatic rings. The first kappa shape index (κ1) is 14.7. The number of hydrogen-bond acceptors (Lipinski definition) is 5. The number of ether oxygens (including phenoxy) is 2. The van der Waals surface area contributed by atoms with E-state index in [1.165, 1.54) is 0 Å². The van der Waals surface area contributed by atoms with Crippen molar-refractivity contribution >= 4 is 11.7 Å². The molecule has 0 bridgehead atoms. The van der Waals surface area contributed by atoms with E-state index in [9.17, 15) is 4.79 Å². The zero-order valence-electron chi connectivity index (χ0n) is 11.7. The zero-order valence-corrected chi connectivity index (χ0v) is 11.7. The molecule has 0 heterocycles. The number of phenolic OH excluding ortho intramolecular Hbond substituents is 1. The summed E-state index contributed by atoms with van der Waals surface area (Å²) in [6, 6.07) is 13.8. The fourth-order valence-corrected chi connectivity index (χ4v) is 1.73. The molecule has 0 atom stereocenters. The van der Waals surface area contributed by atoms with Gasteiger partial charge in [-0.05, 0) is 42.0 Å². The van der Waals surface area contributed by atoms with E-state index < -0.39 is 0 Å². The van der Waals surface area contributed by atoms with Crippen molar-refractivity contribution in [3.63, 3.8) is 0 Å². The molecular weight excluding hydrogens is 270 g/mol. The standard InChI is InChI=1S/C16H17NO4/c1-20-15-4-2-3-12(9-15)11-21-16(19)10-17-13-5-7-14(18)8-6-13/h2-9,17-18H,10-11H2,1H3. The minimum absolute atomic E-state index is 0.0642. The molecule has 2 aromatic carbocycles. The Bertz CT molecular complexity index is 595. The van der Waals surface area contributed by atoms with Gasteiger partial charge in [-0.25, -0.2) is 0 Å². The van der Waals surface area contributed by atoms with Gasteiger partial charge >= 0.3 is 5.97 Å². The maximum atomic E-state index is 11.6. The van der Waals surface area contributed by atoms with E-state index >= 15 is 0 Å². The number of phenols is 1. The number of hydrogen-bond donors (Lipinski definition) is 2. The molecule has 5 heteroatoms. The van der Waals surface area contributed by atoms with Gasteiger partial charge in [0.25, 0.3) is 0 Å². The summed E-state index contributed by atoms with van der Waals surface area (Å²) in [5, 5.41) is 12.1. The Labute approximate surface area is 123 Å². The molecule has 0 amide bonds. The third-order valence-corrected chi connectivity index (χ3v) is 2.84. The van der Waals surface area contributed by atoms with Crippen LogP contribution in [0.25, 0.3) is 0 Å². The van der Waals surface area contributed by atoms with Crippen molar-refractivity contribution in [1.82, 2.24) is 0 Å². The predicted octanol–water partition coefficient (Wildman–Crippen LogP) is 2.56. The van der Waals surface area contributed by atoms with Crippen molar-refractivity contribution in [3.05, 3.63) is 54.1 Å². The van der Waals surface area contributed by atoms with E-state index in [0.717, 1.165) is 17.0 Å². The van der Waals surface area contributed by atoms with Crippen LogP contribution in [0.3, 0.4) is 0 Å². The van der Waals surface area contributed by atoms with Gasteiger partial charge in [-0.3, -0.25) is 4.79 Å². The Balaban J connectivity index is 1.78. The Hall–Kier alpha value is -2.69. The van der Waals surface area contributed by atoms with Crippen LogP contribution in [0.4, 0.5) is 5.69 Å². The first-order valence-electron chi connectivity index (χ1n) is 6.49. The summed E-state index contributed by atoms with van der Waals surface area (Å²) in [6.07, 6.45) is 0. The second kappa shape index (κ2) is 7.19. The van der Waals surface area contributed by atoms with Gasteiger partial charge in [-0.2, -0.15) is 0 Å². The van der Waals surface area contributed by atoms with Crippen molar-refractivity contribution in [2.24, 2.45) is 0 Å². The summed E-state index contributed by atoms with van der Waals surface area (Å²) in [5.41, 5.74) is 1.61. The Morgan fingerprint density at radius 1 is 1.19 bits per heavy atom. The zero-order chi connectivity index (χ0) is 15.1. The molecule has 21 heavy (non-hydrogen) atoms. The molecule has 110 valence electrons. The van der Waals surface area contributed by atoms with E-state index in [1.807, 2.05) is 24.3 Å². The van der Waals surface area contributed by atoms with Crippen LogP contribution in [0.5, 0.6) is 11.5 Å². The highest BCUT2D eigenvalue weighted by Gasteiger charge is 2.04. The summed E-state index contributed by atoms with van der Waals surface area (Å²) in [5.74, 6) is 0.554. The maximum Gasteiger partial charge on any atom is 0.325 e. The molecule has 0 saturated carbocycles. The number of carbonyl (C=O) groups is 1. The molecule has 0 fully saturated rings. The summed E-state index contributed by atoms with van der Waals surface area (Å²) in [7, 11) is 1.59. The van der Waals surface area contributed by atoms with Crippen molar-refractivity contribution in [2.45, 2.75) is 6.61 Å². The van der Waals surface area contributed by atoms with Crippen molar-refractivity contribution in [3.8, 4) is 11.5 Å². The van der Waals surface area contributed by atoms with E-state index in [-0.39, 0.29) is 24.9 Å². The maximum absolute atomic E-state index is 11.6. The largest absolute Gasteiger partial charge is 0.508 e. The molecule has 2 N–H and O–H groups in total. The second-order valence-electron chi connectivity index (χ2n) is 4.41. The van der Waals surface area contributed by atoms with E-state index in [1.54, 1.807) is 31.4 Å². The molecule has 0 aliphatic carbocycles. The lowest BCUT2D eigenvalue weighted by atomic mass is 10.2. The van der Waals surface area contributed by atoms with Gasteiger partial charge in [-0.1, -0.05) is 12.1 Å². The first-order chi connectivity index (χ1) is 10.2. The number of carbonyl (C=O) groups excluding carboxylic acids is 1. The molecule has 0 aliphatic heterocycles. The molecule has 0 unspecified atom stereocenters. The molecule has 0 saturated heterocycles. The van der Waals surface area contributed by atoms with Crippen LogP contribution in [-0.2, 0) is 16.1 Å². The molecule has 2 rings (SSSR count). The SMILES string of the molecule is COc1cccc(COC(=O)CNc2ccc(O)cc2)c1. The molecular formula is C16H17NO4. The van der Waals surface area contributed by atoms with Crippen LogP contribution < -0.4 is 10.1 Å². The highest BCUT2D eigenvalue weighted by molar-refractivity contribution is 5.75. The van der Waals surface area contributed by atoms with Crippen LogP contribution in [-0.4, -0.2) is 24.7 Å². The lowest BCUT2D eigenvalue weighted by molar-refractivity contribution is -0.142. The summed E-state index contributed by atoms with van der Waals surface area (Å²) in [6.45, 7) is 0.266. The van der Waals surface area contributed by atoms with Gasteiger partial charge in [0.2, 0.25) is 0 Å². The minimum atomic E-state index is -0.356. The van der Waals surface area contributed by atoms with Crippen LogP contribution in [0.15, 0.2) is 48.5 Å². The Kier molecular flexibility index (Phi) is 5.04. The van der Waals surface area contributed by atoms with Gasteiger partial charge < -0.3 is 19.9 Å². The highest BCUT2D eigenvalue weighted by Crippen LogP contribution is 2.14. The van der Waals surface area contributed by atoms with Gasteiger partial charge in [0.05, 0.1) is 7.11 Å². The van der Waals surface area contributed by atoms with Gasteiger partial charge in [0.1, 0.15) is 24.7 Å². The van der Waals surface area contributed by atoms with Crippen molar-refractivity contribution in [1.29, 1.82) is 0 Å². The Morgan fingerprint density at radius 3 is 2.67 bits per heavy atom. The van der Waals surface area contributed by atoms with Crippen LogP contribution in [0.2, 0.25) is 0 Å². The molecule has 5 nitrogen and oxygen atoms in total. The quantitative estimate of drug-likeness (QED) is 0.631. The van der Waals surface area contributed by atoms with Crippen molar-refractivity contribution in [2.75, 3.05) is 19.0 Å². The highest BCUT2D eigenvalue weighted by atomic mass is 16.5. The minimum Gasteiger partial charge on any atom is -0.508 e. The van der Waals surface area contributed by atoms with Crippen molar-refractivity contribution < 1.29 is 19.4 Å². The predicted molar refractivity (Wildman–Crippen MR) is 79.4 cm³/mol. The average Bonchev–Trinajstić information content (AvgIpc) is 2.52. The normalized spacial score (nSPS) is 9.95. The number of aromatic hydroxyl groups is 1. The number of methoxy groups -OCH3 is 1. The number of esters is 1. The smallest absolute Gasteiger partial charge is 0.325 e.